The summed E-state index contributed by atoms with van der Waals surface area (Å²) in [6, 6.07) is 7.59. The largest absolute Gasteiger partial charge is 0.468 e. The standard InChI is InChI=1S/C17H23N3O2/c21-17(16-6-1-8-18-16)19-9-7-14-4-2-10-20(12-14)13-15-5-3-11-22-15/h1,3,5-6,8,11,14,18H,2,4,7,9-10,12-13H2,(H,19,21). The highest BCUT2D eigenvalue weighted by molar-refractivity contribution is 5.92. The first-order valence-electron chi connectivity index (χ1n) is 7.97. The van der Waals surface area contributed by atoms with E-state index < -0.39 is 0 Å². The second-order valence-corrected chi connectivity index (χ2v) is 5.95. The highest BCUT2D eigenvalue weighted by Crippen LogP contribution is 2.21. The van der Waals surface area contributed by atoms with Crippen molar-refractivity contribution in [2.75, 3.05) is 19.6 Å². The number of rotatable bonds is 6. The predicted molar refractivity (Wildman–Crippen MR) is 84.5 cm³/mol. The molecule has 118 valence electrons. The van der Waals surface area contributed by atoms with Gasteiger partial charge in [0.25, 0.3) is 5.91 Å². The van der Waals surface area contributed by atoms with Crippen LogP contribution in [0.3, 0.4) is 0 Å². The van der Waals surface area contributed by atoms with E-state index in [1.54, 1.807) is 18.5 Å². The average Bonchev–Trinajstić information content (AvgIpc) is 3.21. The molecular weight excluding hydrogens is 278 g/mol. The van der Waals surface area contributed by atoms with Crippen molar-refractivity contribution in [3.05, 3.63) is 48.2 Å². The molecule has 1 aliphatic rings. The zero-order valence-corrected chi connectivity index (χ0v) is 12.8. The van der Waals surface area contributed by atoms with Crippen LogP contribution in [0.2, 0.25) is 0 Å². The number of aromatic amines is 1. The lowest BCUT2D eigenvalue weighted by Crippen LogP contribution is -2.36. The summed E-state index contributed by atoms with van der Waals surface area (Å²) in [5.74, 6) is 1.65. The smallest absolute Gasteiger partial charge is 0.267 e. The molecule has 1 amide bonds. The number of amides is 1. The maximum Gasteiger partial charge on any atom is 0.267 e. The van der Waals surface area contributed by atoms with E-state index in [0.717, 1.165) is 38.4 Å². The van der Waals surface area contributed by atoms with Crippen LogP contribution in [-0.2, 0) is 6.54 Å². The lowest BCUT2D eigenvalue weighted by Gasteiger charge is -2.32. The summed E-state index contributed by atoms with van der Waals surface area (Å²) in [6.07, 6.45) is 6.99. The molecule has 2 aromatic rings. The number of furan rings is 1. The first kappa shape index (κ1) is 14.9. The summed E-state index contributed by atoms with van der Waals surface area (Å²) in [4.78, 5) is 17.2. The van der Waals surface area contributed by atoms with E-state index in [9.17, 15) is 4.79 Å². The zero-order chi connectivity index (χ0) is 15.2. The number of hydrogen-bond acceptors (Lipinski definition) is 3. The summed E-state index contributed by atoms with van der Waals surface area (Å²) >= 11 is 0. The second-order valence-electron chi connectivity index (χ2n) is 5.95. The van der Waals surface area contributed by atoms with Gasteiger partial charge in [-0.25, -0.2) is 0 Å². The summed E-state index contributed by atoms with van der Waals surface area (Å²) < 4.78 is 5.42. The lowest BCUT2D eigenvalue weighted by atomic mass is 9.94. The van der Waals surface area contributed by atoms with Gasteiger partial charge in [0, 0.05) is 19.3 Å². The van der Waals surface area contributed by atoms with Crippen molar-refractivity contribution in [3.8, 4) is 0 Å². The Labute approximate surface area is 130 Å². The minimum absolute atomic E-state index is 0.0201. The number of H-pyrrole nitrogens is 1. The molecule has 3 heterocycles. The van der Waals surface area contributed by atoms with E-state index in [2.05, 4.69) is 15.2 Å². The number of aromatic nitrogens is 1. The van der Waals surface area contributed by atoms with E-state index in [1.807, 2.05) is 18.2 Å². The molecule has 2 aromatic heterocycles. The topological polar surface area (TPSA) is 61.3 Å². The average molecular weight is 301 g/mol. The first-order valence-corrected chi connectivity index (χ1v) is 7.97. The Balaban J connectivity index is 1.40. The molecule has 1 atom stereocenters. The number of nitrogens with one attached hydrogen (secondary N) is 2. The second kappa shape index (κ2) is 7.31. The number of likely N-dealkylation sites (tertiary alicyclic amines) is 1. The molecule has 5 heteroatoms. The van der Waals surface area contributed by atoms with Gasteiger partial charge in [0.05, 0.1) is 12.8 Å². The van der Waals surface area contributed by atoms with E-state index in [4.69, 9.17) is 4.42 Å². The highest BCUT2D eigenvalue weighted by atomic mass is 16.3. The summed E-state index contributed by atoms with van der Waals surface area (Å²) in [6.45, 7) is 3.83. The van der Waals surface area contributed by atoms with Crippen LogP contribution in [0, 0.1) is 5.92 Å². The third-order valence-electron chi connectivity index (χ3n) is 4.24. The normalized spacial score (nSPS) is 19.2. The van der Waals surface area contributed by atoms with E-state index in [1.165, 1.54) is 12.8 Å². The van der Waals surface area contributed by atoms with Crippen LogP contribution in [0.4, 0.5) is 0 Å². The molecule has 3 rings (SSSR count). The fourth-order valence-electron chi connectivity index (χ4n) is 3.11. The van der Waals surface area contributed by atoms with E-state index >= 15 is 0 Å². The van der Waals surface area contributed by atoms with Crippen LogP contribution in [0.5, 0.6) is 0 Å². The first-order chi connectivity index (χ1) is 10.8. The number of piperidine rings is 1. The lowest BCUT2D eigenvalue weighted by molar-refractivity contribution is 0.0941. The van der Waals surface area contributed by atoms with Crippen LogP contribution >= 0.6 is 0 Å². The van der Waals surface area contributed by atoms with E-state index in [-0.39, 0.29) is 5.91 Å². The Bertz CT molecular complexity index is 563. The quantitative estimate of drug-likeness (QED) is 0.862. The summed E-state index contributed by atoms with van der Waals surface area (Å²) in [5, 5.41) is 2.99. The third-order valence-corrected chi connectivity index (χ3v) is 4.24. The fraction of sp³-hybridized carbons (Fsp3) is 0.471. The molecule has 1 unspecified atom stereocenters. The Kier molecular flexibility index (Phi) is 4.96. The number of carbonyl (C=O) groups is 1. The zero-order valence-electron chi connectivity index (χ0n) is 12.8. The maximum atomic E-state index is 11.9. The van der Waals surface area contributed by atoms with Gasteiger partial charge >= 0.3 is 0 Å². The molecule has 22 heavy (non-hydrogen) atoms. The van der Waals surface area contributed by atoms with Gasteiger partial charge in [-0.15, -0.1) is 0 Å². The molecule has 0 saturated carbocycles. The van der Waals surface area contributed by atoms with Crippen LogP contribution in [0.1, 0.15) is 35.5 Å². The van der Waals surface area contributed by atoms with Gasteiger partial charge in [-0.3, -0.25) is 9.69 Å². The predicted octanol–water partition coefficient (Wildman–Crippen LogP) is 2.64. The summed E-state index contributed by atoms with van der Waals surface area (Å²) in [7, 11) is 0. The monoisotopic (exact) mass is 301 g/mol. The van der Waals surface area contributed by atoms with Gasteiger partial charge in [-0.05, 0) is 56.0 Å². The molecule has 2 N–H and O–H groups in total. The SMILES string of the molecule is O=C(NCCC1CCCN(Cc2ccco2)C1)c1ccc[nH]1. The van der Waals surface area contributed by atoms with Gasteiger partial charge in [0.2, 0.25) is 0 Å². The Morgan fingerprint density at radius 1 is 1.41 bits per heavy atom. The molecule has 0 aromatic carbocycles. The number of hydrogen-bond donors (Lipinski definition) is 2. The van der Waals surface area contributed by atoms with Gasteiger partial charge in [0.15, 0.2) is 0 Å². The van der Waals surface area contributed by atoms with Crippen molar-refractivity contribution < 1.29 is 9.21 Å². The van der Waals surface area contributed by atoms with Gasteiger partial charge < -0.3 is 14.7 Å². The van der Waals surface area contributed by atoms with Crippen LogP contribution in [-0.4, -0.2) is 35.4 Å². The van der Waals surface area contributed by atoms with Crippen molar-refractivity contribution in [2.45, 2.75) is 25.8 Å². The third kappa shape index (κ3) is 4.01. The van der Waals surface area contributed by atoms with Crippen LogP contribution < -0.4 is 5.32 Å². The van der Waals surface area contributed by atoms with Crippen molar-refractivity contribution in [3.63, 3.8) is 0 Å². The Morgan fingerprint density at radius 2 is 2.36 bits per heavy atom. The van der Waals surface area contributed by atoms with Crippen LogP contribution in [0.15, 0.2) is 41.1 Å². The molecule has 1 saturated heterocycles. The molecule has 1 aliphatic heterocycles. The van der Waals surface area contributed by atoms with Gasteiger partial charge in [-0.1, -0.05) is 0 Å². The van der Waals surface area contributed by atoms with Crippen molar-refractivity contribution >= 4 is 5.91 Å². The molecular formula is C17H23N3O2. The number of carbonyl (C=O) groups excluding carboxylic acids is 1. The maximum absolute atomic E-state index is 11.9. The van der Waals surface area contributed by atoms with Gasteiger partial charge in [-0.2, -0.15) is 0 Å². The molecule has 0 bridgehead atoms. The molecule has 1 fully saturated rings. The van der Waals surface area contributed by atoms with Crippen molar-refractivity contribution in [1.82, 2.24) is 15.2 Å². The minimum Gasteiger partial charge on any atom is -0.468 e. The minimum atomic E-state index is -0.0201. The summed E-state index contributed by atoms with van der Waals surface area (Å²) in [5.41, 5.74) is 0.628. The Hall–Kier alpha value is -2.01. The van der Waals surface area contributed by atoms with Crippen molar-refractivity contribution in [2.24, 2.45) is 5.92 Å². The molecule has 0 aliphatic carbocycles. The Morgan fingerprint density at radius 3 is 3.14 bits per heavy atom. The molecule has 5 nitrogen and oxygen atoms in total. The molecule has 0 radical (unpaired) electrons. The number of nitrogens with zero attached hydrogens (tertiary/aromatic N) is 1. The molecule has 0 spiro atoms. The van der Waals surface area contributed by atoms with Crippen molar-refractivity contribution in [1.29, 1.82) is 0 Å². The van der Waals surface area contributed by atoms with Crippen LogP contribution in [0.25, 0.3) is 0 Å². The van der Waals surface area contributed by atoms with E-state index in [0.29, 0.717) is 11.6 Å². The fourth-order valence-corrected chi connectivity index (χ4v) is 3.11. The van der Waals surface area contributed by atoms with Gasteiger partial charge in [0.1, 0.15) is 11.5 Å². The highest BCUT2D eigenvalue weighted by Gasteiger charge is 2.20.